The van der Waals surface area contributed by atoms with Crippen LogP contribution in [0.25, 0.3) is 11.3 Å². The summed E-state index contributed by atoms with van der Waals surface area (Å²) in [6.07, 6.45) is 1.44. The molecule has 2 aromatic heterocycles. The Morgan fingerprint density at radius 1 is 1.26 bits per heavy atom. The summed E-state index contributed by atoms with van der Waals surface area (Å²) in [6.45, 7) is 1.69. The third-order valence-corrected chi connectivity index (χ3v) is 3.67. The lowest BCUT2D eigenvalue weighted by atomic mass is 10.1. The van der Waals surface area contributed by atoms with E-state index in [1.54, 1.807) is 19.1 Å². The lowest BCUT2D eigenvalue weighted by molar-refractivity contribution is 0.0954. The normalized spacial score (nSPS) is 11.0. The summed E-state index contributed by atoms with van der Waals surface area (Å²) in [6, 6.07) is 12.9. The van der Waals surface area contributed by atoms with Gasteiger partial charge in [-0.15, -0.1) is 0 Å². The SMILES string of the molecule is Cc1onc(-c2ccccc2)c1C(=O)N/N=C/c1ccc(I)o1. The van der Waals surface area contributed by atoms with E-state index >= 15 is 0 Å². The molecule has 3 rings (SSSR count). The van der Waals surface area contributed by atoms with Crippen molar-refractivity contribution in [3.8, 4) is 11.3 Å². The summed E-state index contributed by atoms with van der Waals surface area (Å²) in [5, 5.41) is 7.87. The minimum atomic E-state index is -0.389. The molecule has 0 unspecified atom stereocenters. The minimum Gasteiger partial charge on any atom is -0.449 e. The molecule has 0 aliphatic rings. The van der Waals surface area contributed by atoms with Gasteiger partial charge in [0.05, 0.1) is 6.21 Å². The average molecular weight is 421 g/mol. The maximum atomic E-state index is 12.4. The van der Waals surface area contributed by atoms with E-state index in [1.165, 1.54) is 6.21 Å². The number of hydrazone groups is 1. The molecule has 116 valence electrons. The molecule has 1 amide bonds. The smallest absolute Gasteiger partial charge is 0.277 e. The summed E-state index contributed by atoms with van der Waals surface area (Å²) in [5.41, 5.74) is 4.12. The van der Waals surface area contributed by atoms with Gasteiger partial charge in [0.25, 0.3) is 5.91 Å². The van der Waals surface area contributed by atoms with Crippen molar-refractivity contribution >= 4 is 34.7 Å². The zero-order chi connectivity index (χ0) is 16.2. The predicted molar refractivity (Wildman–Crippen MR) is 93.2 cm³/mol. The van der Waals surface area contributed by atoms with Gasteiger partial charge in [-0.05, 0) is 41.6 Å². The molecule has 0 aliphatic heterocycles. The van der Waals surface area contributed by atoms with Crippen molar-refractivity contribution in [2.75, 3.05) is 0 Å². The van der Waals surface area contributed by atoms with E-state index in [9.17, 15) is 4.79 Å². The molecule has 0 fully saturated rings. The number of benzene rings is 1. The first-order valence-electron chi connectivity index (χ1n) is 6.75. The zero-order valence-electron chi connectivity index (χ0n) is 12.1. The van der Waals surface area contributed by atoms with Crippen LogP contribution in [-0.4, -0.2) is 17.3 Å². The maximum Gasteiger partial charge on any atom is 0.277 e. The molecule has 23 heavy (non-hydrogen) atoms. The Morgan fingerprint density at radius 3 is 2.74 bits per heavy atom. The average Bonchev–Trinajstić information content (AvgIpc) is 3.14. The van der Waals surface area contributed by atoms with E-state index in [4.69, 9.17) is 8.94 Å². The third kappa shape index (κ3) is 3.50. The van der Waals surface area contributed by atoms with E-state index in [1.807, 2.05) is 30.3 Å². The van der Waals surface area contributed by atoms with Crippen LogP contribution < -0.4 is 5.43 Å². The second-order valence-electron chi connectivity index (χ2n) is 4.67. The van der Waals surface area contributed by atoms with E-state index in [0.717, 1.165) is 9.33 Å². The van der Waals surface area contributed by atoms with E-state index in [-0.39, 0.29) is 5.91 Å². The molecular weight excluding hydrogens is 409 g/mol. The number of furan rings is 1. The van der Waals surface area contributed by atoms with Gasteiger partial charge < -0.3 is 8.94 Å². The van der Waals surface area contributed by atoms with Crippen LogP contribution in [0.15, 0.2) is 56.5 Å². The Hall–Kier alpha value is -2.42. The summed E-state index contributed by atoms with van der Waals surface area (Å²) in [5.74, 6) is 0.601. The Balaban J connectivity index is 1.80. The van der Waals surface area contributed by atoms with Gasteiger partial charge in [-0.3, -0.25) is 4.79 Å². The van der Waals surface area contributed by atoms with Crippen molar-refractivity contribution in [1.29, 1.82) is 0 Å². The van der Waals surface area contributed by atoms with Crippen LogP contribution in [0.5, 0.6) is 0 Å². The molecule has 7 heteroatoms. The lowest BCUT2D eigenvalue weighted by Gasteiger charge is -2.01. The highest BCUT2D eigenvalue weighted by Gasteiger charge is 2.21. The number of nitrogens with zero attached hydrogens (tertiary/aromatic N) is 2. The number of carbonyl (C=O) groups excluding carboxylic acids is 1. The number of carbonyl (C=O) groups is 1. The minimum absolute atomic E-state index is 0.363. The van der Waals surface area contributed by atoms with Gasteiger partial charge in [-0.25, -0.2) is 5.43 Å². The van der Waals surface area contributed by atoms with E-state index in [0.29, 0.717) is 22.8 Å². The van der Waals surface area contributed by atoms with Crippen LogP contribution in [0.2, 0.25) is 0 Å². The fourth-order valence-corrected chi connectivity index (χ4v) is 2.47. The predicted octanol–water partition coefficient (Wildman–Crippen LogP) is 3.61. The second kappa shape index (κ2) is 6.78. The highest BCUT2D eigenvalue weighted by Crippen LogP contribution is 2.24. The Labute approximate surface area is 145 Å². The number of halogens is 1. The number of hydrogen-bond acceptors (Lipinski definition) is 5. The third-order valence-electron chi connectivity index (χ3n) is 3.09. The van der Waals surface area contributed by atoms with E-state index in [2.05, 4.69) is 38.3 Å². The number of aromatic nitrogens is 1. The molecule has 2 heterocycles. The number of aryl methyl sites for hydroxylation is 1. The molecule has 0 radical (unpaired) electrons. The van der Waals surface area contributed by atoms with Crippen LogP contribution in [-0.2, 0) is 0 Å². The molecule has 0 aliphatic carbocycles. The van der Waals surface area contributed by atoms with E-state index < -0.39 is 0 Å². The van der Waals surface area contributed by atoms with Gasteiger partial charge in [0.2, 0.25) is 0 Å². The first kappa shape index (κ1) is 15.5. The molecule has 0 bridgehead atoms. The number of amides is 1. The van der Waals surface area contributed by atoms with Gasteiger partial charge in [0, 0.05) is 5.56 Å². The molecule has 3 aromatic rings. The van der Waals surface area contributed by atoms with Crippen molar-refractivity contribution in [3.63, 3.8) is 0 Å². The second-order valence-corrected chi connectivity index (χ2v) is 5.73. The van der Waals surface area contributed by atoms with Crippen molar-refractivity contribution < 1.29 is 13.7 Å². The highest BCUT2D eigenvalue weighted by atomic mass is 127. The molecular formula is C16H12IN3O3. The summed E-state index contributed by atoms with van der Waals surface area (Å²) in [7, 11) is 0. The fourth-order valence-electron chi connectivity index (χ4n) is 2.04. The number of hydrogen-bond donors (Lipinski definition) is 1. The van der Waals surface area contributed by atoms with Crippen LogP contribution in [0.1, 0.15) is 21.9 Å². The molecule has 1 N–H and O–H groups in total. The number of nitrogens with one attached hydrogen (secondary N) is 1. The zero-order valence-corrected chi connectivity index (χ0v) is 14.3. The fraction of sp³-hybridized carbons (Fsp3) is 0.0625. The van der Waals surface area contributed by atoms with Crippen molar-refractivity contribution in [2.24, 2.45) is 5.10 Å². The van der Waals surface area contributed by atoms with Crippen LogP contribution >= 0.6 is 22.6 Å². The van der Waals surface area contributed by atoms with Gasteiger partial charge >= 0.3 is 0 Å². The Morgan fingerprint density at radius 2 is 2.04 bits per heavy atom. The molecule has 6 nitrogen and oxygen atoms in total. The Bertz CT molecular complexity index is 853. The van der Waals surface area contributed by atoms with Gasteiger partial charge in [-0.2, -0.15) is 5.10 Å². The van der Waals surface area contributed by atoms with Crippen LogP contribution in [0, 0.1) is 10.7 Å². The molecule has 1 aromatic carbocycles. The molecule has 0 saturated carbocycles. The molecule has 0 spiro atoms. The summed E-state index contributed by atoms with van der Waals surface area (Å²) >= 11 is 2.05. The maximum absolute atomic E-state index is 12.4. The van der Waals surface area contributed by atoms with Crippen molar-refractivity contribution in [3.05, 3.63) is 63.3 Å². The first-order valence-corrected chi connectivity index (χ1v) is 7.83. The molecule has 0 saturated heterocycles. The van der Waals surface area contributed by atoms with Crippen molar-refractivity contribution in [2.45, 2.75) is 6.92 Å². The van der Waals surface area contributed by atoms with Gasteiger partial charge in [0.15, 0.2) is 3.77 Å². The van der Waals surface area contributed by atoms with Gasteiger partial charge in [0.1, 0.15) is 22.8 Å². The summed E-state index contributed by atoms with van der Waals surface area (Å²) in [4.78, 5) is 12.4. The molecule has 0 atom stereocenters. The standard InChI is InChI=1S/C16H12IN3O3/c1-10-14(15(20-23-10)11-5-3-2-4-6-11)16(21)19-18-9-12-7-8-13(17)22-12/h2-9H,1H3,(H,19,21)/b18-9+. The van der Waals surface area contributed by atoms with Crippen molar-refractivity contribution in [1.82, 2.24) is 10.6 Å². The summed E-state index contributed by atoms with van der Waals surface area (Å²) < 4.78 is 11.2. The van der Waals surface area contributed by atoms with Crippen LogP contribution in [0.3, 0.4) is 0 Å². The monoisotopic (exact) mass is 421 g/mol. The largest absolute Gasteiger partial charge is 0.449 e. The van der Waals surface area contributed by atoms with Gasteiger partial charge in [-0.1, -0.05) is 35.5 Å². The van der Waals surface area contributed by atoms with Crippen LogP contribution in [0.4, 0.5) is 0 Å². The first-order chi connectivity index (χ1) is 11.1. The number of rotatable bonds is 4. The quantitative estimate of drug-likeness (QED) is 0.397. The topological polar surface area (TPSA) is 80.6 Å². The lowest BCUT2D eigenvalue weighted by Crippen LogP contribution is -2.18. The Kier molecular flexibility index (Phi) is 4.56. The highest BCUT2D eigenvalue weighted by molar-refractivity contribution is 14.1.